The number of hydrogen-bond donors (Lipinski definition) is 0. The second-order valence-corrected chi connectivity index (χ2v) is 5.08. The summed E-state index contributed by atoms with van der Waals surface area (Å²) < 4.78 is 56.7. The van der Waals surface area contributed by atoms with Crippen molar-refractivity contribution in [3.05, 3.63) is 0 Å². The molecular weight excluding hydrogens is 222 g/mol. The van der Waals surface area contributed by atoms with E-state index in [1.807, 2.05) is 0 Å². The van der Waals surface area contributed by atoms with Crippen molar-refractivity contribution in [1.29, 1.82) is 0 Å². The van der Waals surface area contributed by atoms with Crippen molar-refractivity contribution in [3.8, 4) is 0 Å². The molecule has 6 nitrogen and oxygen atoms in total. The molecule has 0 heterocycles. The molecule has 0 aromatic rings. The van der Waals surface area contributed by atoms with Crippen LogP contribution in [0.1, 0.15) is 13.8 Å². The molecule has 0 aliphatic heterocycles. The molecule has 14 heavy (non-hydrogen) atoms. The van der Waals surface area contributed by atoms with Gasteiger partial charge in [0.2, 0.25) is 0 Å². The van der Waals surface area contributed by atoms with Gasteiger partial charge in [-0.3, -0.25) is 0 Å². The van der Waals surface area contributed by atoms with Crippen LogP contribution >= 0.6 is 0 Å². The van der Waals surface area contributed by atoms with Crippen LogP contribution in [0.2, 0.25) is 0 Å². The van der Waals surface area contributed by atoms with E-state index in [0.717, 1.165) is 0 Å². The third-order valence-corrected chi connectivity index (χ3v) is 2.12. The number of rotatable bonds is 2. The summed E-state index contributed by atoms with van der Waals surface area (Å²) >= 11 is 0. The summed E-state index contributed by atoms with van der Waals surface area (Å²) in [5, 5.41) is 0. The second kappa shape index (κ2) is 10.5. The number of hydrogen-bond acceptors (Lipinski definition) is 6. The van der Waals surface area contributed by atoms with Crippen LogP contribution in [0.3, 0.4) is 0 Å². The molecule has 0 aliphatic carbocycles. The molecule has 0 saturated heterocycles. The first kappa shape index (κ1) is 24.3. The first-order valence-electron chi connectivity index (χ1n) is 2.99. The molecular formula is C4H10Li2O6S2. The summed E-state index contributed by atoms with van der Waals surface area (Å²) in [6.45, 7) is 2.62. The van der Waals surface area contributed by atoms with Crippen LogP contribution < -0.4 is 37.7 Å². The van der Waals surface area contributed by atoms with Gasteiger partial charge in [-0.25, -0.2) is 16.8 Å². The zero-order valence-electron chi connectivity index (χ0n) is 8.68. The summed E-state index contributed by atoms with van der Waals surface area (Å²) in [4.78, 5) is 0. The third-order valence-electron chi connectivity index (χ3n) is 0.707. The van der Waals surface area contributed by atoms with Gasteiger partial charge in [0.1, 0.15) is 0 Å². The van der Waals surface area contributed by atoms with Gasteiger partial charge in [0.25, 0.3) is 0 Å². The van der Waals surface area contributed by atoms with Crippen LogP contribution in [0.15, 0.2) is 0 Å². The molecule has 0 aromatic carbocycles. The van der Waals surface area contributed by atoms with E-state index in [0.29, 0.717) is 0 Å². The van der Waals surface area contributed by atoms with Gasteiger partial charge in [0.05, 0.1) is 20.2 Å². The summed E-state index contributed by atoms with van der Waals surface area (Å²) in [5.74, 6) is -0.625. The van der Waals surface area contributed by atoms with Crippen LogP contribution in [-0.4, -0.2) is 37.4 Å². The van der Waals surface area contributed by atoms with Gasteiger partial charge in [0, 0.05) is 11.5 Å². The molecule has 0 bridgehead atoms. The van der Waals surface area contributed by atoms with Crippen LogP contribution in [0, 0.1) is 0 Å². The fourth-order valence-corrected chi connectivity index (χ4v) is 0. The van der Waals surface area contributed by atoms with Crippen molar-refractivity contribution in [3.63, 3.8) is 0 Å². The molecule has 0 spiro atoms. The smallest absolute Gasteiger partial charge is 0.748 e. The topological polar surface area (TPSA) is 114 Å². The third kappa shape index (κ3) is 38.2. The molecule has 0 atom stereocenters. The molecule has 0 fully saturated rings. The van der Waals surface area contributed by atoms with Gasteiger partial charge >= 0.3 is 37.7 Å². The largest absolute Gasteiger partial charge is 1.00 e. The SMILES string of the molecule is CCS(=O)(=O)[O-].CCS(=O)(=O)[O-].[Li+].[Li+]. The van der Waals surface area contributed by atoms with E-state index in [1.54, 1.807) is 0 Å². The van der Waals surface area contributed by atoms with Gasteiger partial charge in [-0.1, -0.05) is 13.8 Å². The molecule has 0 aromatic heterocycles. The monoisotopic (exact) mass is 232 g/mol. The second-order valence-electron chi connectivity index (χ2n) is 1.69. The van der Waals surface area contributed by atoms with Gasteiger partial charge in [0.15, 0.2) is 0 Å². The minimum absolute atomic E-state index is 0. The predicted octanol–water partition coefficient (Wildman–Crippen LogP) is -6.89. The Morgan fingerprint density at radius 3 is 0.857 bits per heavy atom. The maximum absolute atomic E-state index is 9.44. The normalized spacial score (nSPS) is 10.0. The van der Waals surface area contributed by atoms with E-state index in [2.05, 4.69) is 0 Å². The molecule has 0 N–H and O–H groups in total. The van der Waals surface area contributed by atoms with E-state index in [-0.39, 0.29) is 49.2 Å². The minimum Gasteiger partial charge on any atom is -0.748 e. The van der Waals surface area contributed by atoms with Gasteiger partial charge < -0.3 is 9.11 Å². The Bertz CT molecular complexity index is 262. The van der Waals surface area contributed by atoms with Crippen LogP contribution in [-0.2, 0) is 20.2 Å². The van der Waals surface area contributed by atoms with E-state index in [4.69, 9.17) is 0 Å². The Hall–Kier alpha value is 1.01. The van der Waals surface area contributed by atoms with E-state index < -0.39 is 20.2 Å². The van der Waals surface area contributed by atoms with E-state index in [9.17, 15) is 25.9 Å². The van der Waals surface area contributed by atoms with E-state index in [1.165, 1.54) is 13.8 Å². The predicted molar refractivity (Wildman–Crippen MR) is 40.5 cm³/mol. The summed E-state index contributed by atoms with van der Waals surface area (Å²) in [6.07, 6.45) is 0. The first-order chi connectivity index (χ1) is 5.12. The average Bonchev–Trinajstić information content (AvgIpc) is 1.86. The molecule has 10 heteroatoms. The fourth-order valence-electron chi connectivity index (χ4n) is 0. The summed E-state index contributed by atoms with van der Waals surface area (Å²) in [6, 6.07) is 0. The molecule has 0 amide bonds. The van der Waals surface area contributed by atoms with Crippen LogP contribution in [0.4, 0.5) is 0 Å². The average molecular weight is 232 g/mol. The molecule has 0 saturated carbocycles. The van der Waals surface area contributed by atoms with Crippen molar-refractivity contribution in [2.45, 2.75) is 13.8 Å². The molecule has 76 valence electrons. The Balaban J connectivity index is -0.0000000625. The van der Waals surface area contributed by atoms with Crippen molar-refractivity contribution >= 4 is 20.2 Å². The molecule has 0 radical (unpaired) electrons. The molecule has 0 aliphatic rings. The van der Waals surface area contributed by atoms with Crippen molar-refractivity contribution in [2.24, 2.45) is 0 Å². The minimum atomic E-state index is -3.91. The van der Waals surface area contributed by atoms with Crippen molar-refractivity contribution < 1.29 is 63.7 Å². The Labute approximate surface area is 109 Å². The maximum Gasteiger partial charge on any atom is 1.00 e. The standard InChI is InChI=1S/2C2H6O3S.2Li/c2*1-2-6(3,4)5;;/h2*2H2,1H3,(H,3,4,5);;/q;;2*+1/p-2. The quantitative estimate of drug-likeness (QED) is 0.345. The van der Waals surface area contributed by atoms with Gasteiger partial charge in [-0.05, 0) is 0 Å². The van der Waals surface area contributed by atoms with E-state index >= 15 is 0 Å². The van der Waals surface area contributed by atoms with Crippen LogP contribution in [0.5, 0.6) is 0 Å². The van der Waals surface area contributed by atoms with Gasteiger partial charge in [-0.2, -0.15) is 0 Å². The Morgan fingerprint density at radius 2 is 0.857 bits per heavy atom. The van der Waals surface area contributed by atoms with Crippen molar-refractivity contribution in [1.82, 2.24) is 0 Å². The fraction of sp³-hybridized carbons (Fsp3) is 1.00. The van der Waals surface area contributed by atoms with Crippen molar-refractivity contribution in [2.75, 3.05) is 11.5 Å². The first-order valence-corrected chi connectivity index (χ1v) is 6.15. The summed E-state index contributed by atoms with van der Waals surface area (Å²) in [7, 11) is -7.82. The maximum atomic E-state index is 9.44. The molecule has 0 unspecified atom stereocenters. The zero-order valence-corrected chi connectivity index (χ0v) is 10.3. The Morgan fingerprint density at radius 1 is 0.786 bits per heavy atom. The summed E-state index contributed by atoms with van der Waals surface area (Å²) in [5.41, 5.74) is 0. The van der Waals surface area contributed by atoms with Crippen LogP contribution in [0.25, 0.3) is 0 Å². The van der Waals surface area contributed by atoms with Gasteiger partial charge in [-0.15, -0.1) is 0 Å². The zero-order chi connectivity index (χ0) is 10.4. The molecule has 0 rings (SSSR count). The Kier molecular flexibility index (Phi) is 18.3.